The van der Waals surface area contributed by atoms with Gasteiger partial charge in [0.15, 0.2) is 16.6 Å². The molecule has 2 fully saturated rings. The molecular formula is C13H21N3O2S. The fourth-order valence-corrected chi connectivity index (χ4v) is 4.00. The van der Waals surface area contributed by atoms with Crippen LogP contribution >= 0.6 is 11.5 Å². The van der Waals surface area contributed by atoms with Crippen molar-refractivity contribution < 1.29 is 9.84 Å². The number of nitrogens with two attached hydrogens (primary N) is 1. The van der Waals surface area contributed by atoms with Gasteiger partial charge in [0.2, 0.25) is 0 Å². The van der Waals surface area contributed by atoms with Gasteiger partial charge in [-0.05, 0) is 44.1 Å². The molecule has 1 aromatic heterocycles. The molecule has 19 heavy (non-hydrogen) atoms. The second-order valence-electron chi connectivity index (χ2n) is 5.84. The molecule has 0 radical (unpaired) electrons. The van der Waals surface area contributed by atoms with Gasteiger partial charge >= 0.3 is 0 Å². The zero-order valence-electron chi connectivity index (χ0n) is 11.4. The van der Waals surface area contributed by atoms with Gasteiger partial charge in [-0.2, -0.15) is 4.37 Å². The summed E-state index contributed by atoms with van der Waals surface area (Å²) >= 11 is 1.40. The van der Waals surface area contributed by atoms with Crippen LogP contribution in [0.3, 0.4) is 0 Å². The quantitative estimate of drug-likeness (QED) is 0.884. The monoisotopic (exact) mass is 283 g/mol. The largest absolute Gasteiger partial charge is 0.484 e. The van der Waals surface area contributed by atoms with Crippen molar-refractivity contribution in [1.29, 1.82) is 0 Å². The summed E-state index contributed by atoms with van der Waals surface area (Å²) in [5.41, 5.74) is 5.90. The van der Waals surface area contributed by atoms with Gasteiger partial charge in [-0.3, -0.25) is 0 Å². The van der Waals surface area contributed by atoms with Crippen LogP contribution in [0.5, 0.6) is 5.75 Å². The molecule has 0 aromatic carbocycles. The Balaban J connectivity index is 1.80. The minimum atomic E-state index is -0.144. The molecule has 0 bridgehead atoms. The first-order valence-electron chi connectivity index (χ1n) is 6.91. The summed E-state index contributed by atoms with van der Waals surface area (Å²) in [6, 6.07) is 0. The number of aliphatic hydroxyl groups is 1. The normalized spacial score (nSPS) is 30.1. The molecule has 3 N–H and O–H groups in total. The van der Waals surface area contributed by atoms with E-state index in [1.807, 2.05) is 13.8 Å². The van der Waals surface area contributed by atoms with Gasteiger partial charge in [0.1, 0.15) is 0 Å². The van der Waals surface area contributed by atoms with Crippen LogP contribution in [0, 0.1) is 11.8 Å². The molecule has 3 unspecified atom stereocenters. The highest BCUT2D eigenvalue weighted by atomic mass is 32.1. The summed E-state index contributed by atoms with van der Waals surface area (Å²) < 4.78 is 10.0. The number of hydrogen-bond acceptors (Lipinski definition) is 6. The maximum atomic E-state index is 9.99. The fourth-order valence-electron chi connectivity index (χ4n) is 3.24. The highest BCUT2D eigenvalue weighted by molar-refractivity contribution is 7.11. The Labute approximate surface area is 117 Å². The van der Waals surface area contributed by atoms with Gasteiger partial charge in [0.25, 0.3) is 0 Å². The van der Waals surface area contributed by atoms with Crippen LogP contribution in [-0.2, 0) is 0 Å². The Kier molecular flexibility index (Phi) is 3.30. The molecule has 0 spiro atoms. The maximum absolute atomic E-state index is 9.99. The summed E-state index contributed by atoms with van der Waals surface area (Å²) in [4.78, 5) is 2.28. The molecule has 2 aliphatic rings. The molecule has 3 atom stereocenters. The van der Waals surface area contributed by atoms with Gasteiger partial charge < -0.3 is 20.5 Å². The smallest absolute Gasteiger partial charge is 0.198 e. The zero-order valence-corrected chi connectivity index (χ0v) is 12.2. The average molecular weight is 283 g/mol. The Bertz CT molecular complexity index is 463. The van der Waals surface area contributed by atoms with E-state index in [0.717, 1.165) is 36.7 Å². The van der Waals surface area contributed by atoms with Crippen LogP contribution < -0.4 is 15.4 Å². The van der Waals surface area contributed by atoms with Crippen molar-refractivity contribution in [1.82, 2.24) is 4.37 Å². The summed E-state index contributed by atoms with van der Waals surface area (Å²) in [6.45, 7) is 5.85. The molecule has 1 saturated heterocycles. The van der Waals surface area contributed by atoms with E-state index in [0.29, 0.717) is 17.7 Å². The standard InChI is InChI=1S/C13H21N3O2S/c1-7(2)18-11-12(14)15-19-13(11)16-5-8-3-4-10(17)9(8)6-16/h7-10,17H,3-6H2,1-2H3,(H2,14,15). The molecular weight excluding hydrogens is 262 g/mol. The Hall–Kier alpha value is -1.01. The number of ether oxygens (including phenoxy) is 1. The SMILES string of the molecule is CC(C)Oc1c(N)nsc1N1CC2CCC(O)C2C1. The number of anilines is 2. The highest BCUT2D eigenvalue weighted by Gasteiger charge is 2.43. The number of aromatic nitrogens is 1. The van der Waals surface area contributed by atoms with Gasteiger partial charge in [-0.25, -0.2) is 0 Å². The molecule has 106 valence electrons. The van der Waals surface area contributed by atoms with Crippen LogP contribution in [0.1, 0.15) is 26.7 Å². The van der Waals surface area contributed by atoms with E-state index < -0.39 is 0 Å². The van der Waals surface area contributed by atoms with Crippen molar-refractivity contribution in [3.05, 3.63) is 0 Å². The third kappa shape index (κ3) is 2.27. The molecule has 0 amide bonds. The van der Waals surface area contributed by atoms with Crippen molar-refractivity contribution in [2.24, 2.45) is 11.8 Å². The topological polar surface area (TPSA) is 71.6 Å². The number of nitrogens with zero attached hydrogens (tertiary/aromatic N) is 2. The first-order valence-corrected chi connectivity index (χ1v) is 7.68. The maximum Gasteiger partial charge on any atom is 0.198 e. The number of nitrogen functional groups attached to an aromatic ring is 1. The number of aliphatic hydroxyl groups excluding tert-OH is 1. The van der Waals surface area contributed by atoms with Crippen LogP contribution in [0.2, 0.25) is 0 Å². The third-order valence-electron chi connectivity index (χ3n) is 4.12. The fraction of sp³-hybridized carbons (Fsp3) is 0.769. The molecule has 1 aliphatic heterocycles. The van der Waals surface area contributed by atoms with Gasteiger partial charge in [0.05, 0.1) is 12.2 Å². The first kappa shape index (κ1) is 13.0. The minimum absolute atomic E-state index is 0.0881. The minimum Gasteiger partial charge on any atom is -0.484 e. The van der Waals surface area contributed by atoms with Crippen molar-refractivity contribution in [2.45, 2.75) is 38.9 Å². The summed E-state index contributed by atoms with van der Waals surface area (Å²) in [5, 5.41) is 11.0. The van der Waals surface area contributed by atoms with Crippen molar-refractivity contribution >= 4 is 22.4 Å². The van der Waals surface area contributed by atoms with E-state index in [1.54, 1.807) is 0 Å². The molecule has 2 heterocycles. The van der Waals surface area contributed by atoms with Gasteiger partial charge in [-0.15, -0.1) is 0 Å². The molecule has 6 heteroatoms. The van der Waals surface area contributed by atoms with Crippen LogP contribution in [0.15, 0.2) is 0 Å². The van der Waals surface area contributed by atoms with Crippen molar-refractivity contribution in [2.75, 3.05) is 23.7 Å². The van der Waals surface area contributed by atoms with Crippen molar-refractivity contribution in [3.63, 3.8) is 0 Å². The average Bonchev–Trinajstić information content (AvgIpc) is 2.98. The van der Waals surface area contributed by atoms with E-state index >= 15 is 0 Å². The van der Waals surface area contributed by atoms with E-state index in [4.69, 9.17) is 10.5 Å². The number of fused-ring (bicyclic) bond motifs is 1. The molecule has 5 nitrogen and oxygen atoms in total. The van der Waals surface area contributed by atoms with Crippen LogP contribution in [0.25, 0.3) is 0 Å². The lowest BCUT2D eigenvalue weighted by Crippen LogP contribution is -2.24. The summed E-state index contributed by atoms with van der Waals surface area (Å²) in [5.74, 6) is 2.20. The Morgan fingerprint density at radius 2 is 2.21 bits per heavy atom. The molecule has 1 saturated carbocycles. The van der Waals surface area contributed by atoms with Crippen molar-refractivity contribution in [3.8, 4) is 5.75 Å². The van der Waals surface area contributed by atoms with Gasteiger partial charge in [0, 0.05) is 19.0 Å². The van der Waals surface area contributed by atoms with E-state index in [-0.39, 0.29) is 12.2 Å². The third-order valence-corrected chi connectivity index (χ3v) is 5.02. The predicted octanol–water partition coefficient (Wildman–Crippen LogP) is 1.72. The summed E-state index contributed by atoms with van der Waals surface area (Å²) in [7, 11) is 0. The van der Waals surface area contributed by atoms with Crippen LogP contribution in [0.4, 0.5) is 10.8 Å². The first-order chi connectivity index (χ1) is 9.06. The highest BCUT2D eigenvalue weighted by Crippen LogP contribution is 2.45. The van der Waals surface area contributed by atoms with E-state index in [1.165, 1.54) is 11.5 Å². The molecule has 1 aromatic rings. The second kappa shape index (κ2) is 4.83. The molecule has 1 aliphatic carbocycles. The second-order valence-corrected chi connectivity index (χ2v) is 6.59. The number of rotatable bonds is 3. The lowest BCUT2D eigenvalue weighted by Gasteiger charge is -2.20. The Morgan fingerprint density at radius 1 is 1.42 bits per heavy atom. The van der Waals surface area contributed by atoms with Crippen LogP contribution in [-0.4, -0.2) is 34.8 Å². The van der Waals surface area contributed by atoms with Gasteiger partial charge in [-0.1, -0.05) is 0 Å². The zero-order chi connectivity index (χ0) is 13.6. The predicted molar refractivity (Wildman–Crippen MR) is 76.7 cm³/mol. The van der Waals surface area contributed by atoms with E-state index in [2.05, 4.69) is 9.27 Å². The molecule has 3 rings (SSSR count). The lowest BCUT2D eigenvalue weighted by molar-refractivity contribution is 0.133. The summed E-state index contributed by atoms with van der Waals surface area (Å²) in [6.07, 6.45) is 2.01. The lowest BCUT2D eigenvalue weighted by atomic mass is 10.00. The Morgan fingerprint density at radius 3 is 2.89 bits per heavy atom. The number of hydrogen-bond donors (Lipinski definition) is 2. The van der Waals surface area contributed by atoms with E-state index in [9.17, 15) is 5.11 Å².